The van der Waals surface area contributed by atoms with Crippen molar-refractivity contribution < 1.29 is 17.8 Å². The molecule has 0 spiro atoms. The quantitative estimate of drug-likeness (QED) is 0.493. The molecule has 4 nitrogen and oxygen atoms in total. The minimum Gasteiger partial charge on any atom is -0.299 e. The van der Waals surface area contributed by atoms with Gasteiger partial charge < -0.3 is 0 Å². The van der Waals surface area contributed by atoms with Crippen molar-refractivity contribution in [2.75, 3.05) is 0 Å². The summed E-state index contributed by atoms with van der Waals surface area (Å²) in [6.45, 7) is 4.19. The molecule has 168 valence electrons. The van der Waals surface area contributed by atoms with Gasteiger partial charge in [0.2, 0.25) is 0 Å². The average Bonchev–Trinajstić information content (AvgIpc) is 3.01. The van der Waals surface area contributed by atoms with Crippen molar-refractivity contribution in [3.8, 4) is 0 Å². The van der Waals surface area contributed by atoms with Crippen LogP contribution in [0.5, 0.6) is 0 Å². The van der Waals surface area contributed by atoms with Crippen molar-refractivity contribution in [2.45, 2.75) is 76.5 Å². The normalized spacial score (nSPS) is 39.6. The molecule has 4 aliphatic rings. The van der Waals surface area contributed by atoms with Gasteiger partial charge in [-0.3, -0.25) is 9.35 Å². The number of ketones is 1. The van der Waals surface area contributed by atoms with Crippen molar-refractivity contribution in [2.24, 2.45) is 34.5 Å². The third-order valence-electron chi connectivity index (χ3n) is 9.64. The Balaban J connectivity index is 1.58. The summed E-state index contributed by atoms with van der Waals surface area (Å²) in [7, 11) is -4.27. The van der Waals surface area contributed by atoms with E-state index in [1.54, 1.807) is 12.1 Å². The predicted octanol–water partition coefficient (Wildman–Crippen LogP) is 5.54. The second-order valence-electron chi connectivity index (χ2n) is 11.0. The van der Waals surface area contributed by atoms with Crippen molar-refractivity contribution in [1.29, 1.82) is 0 Å². The van der Waals surface area contributed by atoms with Crippen LogP contribution in [-0.4, -0.2) is 18.8 Å². The molecule has 1 N–H and O–H groups in total. The maximum absolute atomic E-state index is 12.7. The molecule has 0 aliphatic heterocycles. The van der Waals surface area contributed by atoms with Gasteiger partial charge in [0.15, 0.2) is 0 Å². The zero-order valence-electron chi connectivity index (χ0n) is 18.6. The van der Waals surface area contributed by atoms with Gasteiger partial charge in [-0.2, -0.15) is 8.42 Å². The molecule has 0 bridgehead atoms. The summed E-state index contributed by atoms with van der Waals surface area (Å²) in [5, 5.41) is 0. The lowest BCUT2D eigenvalue weighted by molar-refractivity contribution is -0.137. The van der Waals surface area contributed by atoms with E-state index in [1.807, 2.05) is 13.0 Å². The van der Waals surface area contributed by atoms with Crippen molar-refractivity contribution in [3.63, 3.8) is 0 Å². The molecule has 0 aromatic heterocycles. The van der Waals surface area contributed by atoms with Crippen LogP contribution in [0.3, 0.4) is 0 Å². The fraction of sp³-hybridized carbons (Fsp3) is 0.654. The van der Waals surface area contributed by atoms with E-state index in [4.69, 9.17) is 0 Å². The molecule has 0 radical (unpaired) electrons. The Hall–Kier alpha value is -1.46. The van der Waals surface area contributed by atoms with Crippen LogP contribution in [0.25, 0.3) is 0 Å². The van der Waals surface area contributed by atoms with E-state index in [0.29, 0.717) is 35.9 Å². The molecular weight excluding hydrogens is 408 g/mol. The Bertz CT molecular complexity index is 1040. The standard InChI is InChI=1S/C26H34O4S/c1-17-6-10-23(31(28,29)30)18(15-17)16-26-13-4-3-5-19(26)7-8-20-21-9-11-24(27)25(21,2)14-12-22(20)26/h3-4,6,10,15,19-22H,5,7-9,11-14,16H2,1-2H3,(H,28,29,30)/t19?,20-,21-,22-,25-,26+/m0/s1. The van der Waals surface area contributed by atoms with E-state index in [-0.39, 0.29) is 15.7 Å². The first kappa shape index (κ1) is 21.4. The van der Waals surface area contributed by atoms with E-state index in [0.717, 1.165) is 56.1 Å². The Kier molecular flexibility index (Phi) is 5.02. The highest BCUT2D eigenvalue weighted by Gasteiger charge is 2.60. The summed E-state index contributed by atoms with van der Waals surface area (Å²) in [4.78, 5) is 12.8. The zero-order chi connectivity index (χ0) is 22.0. The summed E-state index contributed by atoms with van der Waals surface area (Å²) >= 11 is 0. The molecule has 6 atom stereocenters. The van der Waals surface area contributed by atoms with Crippen LogP contribution >= 0.6 is 0 Å². The minimum atomic E-state index is -4.27. The van der Waals surface area contributed by atoms with E-state index in [9.17, 15) is 17.8 Å². The molecule has 5 rings (SSSR count). The van der Waals surface area contributed by atoms with Crippen LogP contribution < -0.4 is 0 Å². The summed E-state index contributed by atoms with van der Waals surface area (Å²) in [6.07, 6.45) is 13.4. The second kappa shape index (κ2) is 7.28. The first-order chi connectivity index (χ1) is 14.6. The molecule has 1 unspecified atom stereocenters. The zero-order valence-corrected chi connectivity index (χ0v) is 19.5. The average molecular weight is 443 g/mol. The van der Waals surface area contributed by atoms with Gasteiger partial charge in [-0.25, -0.2) is 0 Å². The molecule has 0 heterocycles. The second-order valence-corrected chi connectivity index (χ2v) is 12.4. The largest absolute Gasteiger partial charge is 0.299 e. The first-order valence-corrected chi connectivity index (χ1v) is 13.3. The van der Waals surface area contributed by atoms with E-state index >= 15 is 0 Å². The number of aryl methyl sites for hydroxylation is 1. The third-order valence-corrected chi connectivity index (χ3v) is 10.6. The van der Waals surface area contributed by atoms with Crippen LogP contribution in [0.2, 0.25) is 0 Å². The number of benzene rings is 1. The van der Waals surface area contributed by atoms with Crippen LogP contribution in [-0.2, 0) is 21.3 Å². The highest BCUT2D eigenvalue weighted by Crippen LogP contribution is 2.65. The van der Waals surface area contributed by atoms with Gasteiger partial charge in [0, 0.05) is 11.8 Å². The summed E-state index contributed by atoms with van der Waals surface area (Å²) in [6, 6.07) is 5.30. The molecule has 3 fully saturated rings. The minimum absolute atomic E-state index is 0.0118. The van der Waals surface area contributed by atoms with E-state index < -0.39 is 10.1 Å². The number of hydrogen-bond donors (Lipinski definition) is 1. The summed E-state index contributed by atoms with van der Waals surface area (Å²) in [5.41, 5.74) is 1.64. The maximum Gasteiger partial charge on any atom is 0.294 e. The number of Topliss-reactive ketones (excluding diaryl/α,β-unsaturated/α-hetero) is 1. The van der Waals surface area contributed by atoms with Crippen molar-refractivity contribution in [1.82, 2.24) is 0 Å². The summed E-state index contributed by atoms with van der Waals surface area (Å²) < 4.78 is 34.3. The molecule has 3 saturated carbocycles. The van der Waals surface area contributed by atoms with Crippen LogP contribution in [0.15, 0.2) is 35.2 Å². The Morgan fingerprint density at radius 1 is 1.10 bits per heavy atom. The third kappa shape index (κ3) is 3.26. The molecule has 0 amide bonds. The molecular formula is C26H34O4S. The number of hydrogen-bond acceptors (Lipinski definition) is 3. The van der Waals surface area contributed by atoms with E-state index in [1.165, 1.54) is 6.42 Å². The lowest BCUT2D eigenvalue weighted by atomic mass is 9.44. The lowest BCUT2D eigenvalue weighted by Gasteiger charge is -2.60. The van der Waals surface area contributed by atoms with Gasteiger partial charge in [-0.15, -0.1) is 0 Å². The van der Waals surface area contributed by atoms with Gasteiger partial charge in [0.1, 0.15) is 5.78 Å². The van der Waals surface area contributed by atoms with Gasteiger partial charge in [0.25, 0.3) is 10.1 Å². The number of fused-ring (bicyclic) bond motifs is 5. The van der Waals surface area contributed by atoms with Gasteiger partial charge >= 0.3 is 0 Å². The SMILES string of the molecule is Cc1ccc(S(=O)(=O)O)c(C[C@]23CC=CCC2CC[C@@H]2[C@@H]3CC[C@]3(C)C(=O)CC[C@@H]23)c1. The van der Waals surface area contributed by atoms with Crippen molar-refractivity contribution >= 4 is 15.9 Å². The van der Waals surface area contributed by atoms with Gasteiger partial charge in [-0.1, -0.05) is 36.8 Å². The Morgan fingerprint density at radius 2 is 1.90 bits per heavy atom. The molecule has 31 heavy (non-hydrogen) atoms. The Morgan fingerprint density at radius 3 is 2.68 bits per heavy atom. The number of carbonyl (C=O) groups excluding carboxylic acids is 1. The first-order valence-electron chi connectivity index (χ1n) is 11.9. The van der Waals surface area contributed by atoms with Crippen LogP contribution in [0.4, 0.5) is 0 Å². The topological polar surface area (TPSA) is 71.4 Å². The number of allylic oxidation sites excluding steroid dienone is 2. The maximum atomic E-state index is 12.7. The highest BCUT2D eigenvalue weighted by molar-refractivity contribution is 7.85. The summed E-state index contributed by atoms with van der Waals surface area (Å²) in [5.74, 6) is 2.53. The predicted molar refractivity (Wildman–Crippen MR) is 120 cm³/mol. The Labute approximate surface area is 186 Å². The fourth-order valence-corrected chi connectivity index (χ4v) is 8.90. The number of rotatable bonds is 3. The van der Waals surface area contributed by atoms with Crippen molar-refractivity contribution in [3.05, 3.63) is 41.5 Å². The van der Waals surface area contributed by atoms with Crippen LogP contribution in [0, 0.1) is 41.4 Å². The smallest absolute Gasteiger partial charge is 0.294 e. The molecule has 0 saturated heterocycles. The molecule has 5 heteroatoms. The molecule has 1 aromatic carbocycles. The number of carbonyl (C=O) groups is 1. The molecule has 4 aliphatic carbocycles. The monoisotopic (exact) mass is 442 g/mol. The molecule has 1 aromatic rings. The fourth-order valence-electron chi connectivity index (χ4n) is 8.19. The van der Waals surface area contributed by atoms with Gasteiger partial charge in [-0.05, 0) is 99.0 Å². The van der Waals surface area contributed by atoms with Gasteiger partial charge in [0.05, 0.1) is 4.90 Å². The van der Waals surface area contributed by atoms with E-state index in [2.05, 4.69) is 19.1 Å². The highest BCUT2D eigenvalue weighted by atomic mass is 32.2. The lowest BCUT2D eigenvalue weighted by Crippen LogP contribution is -2.54. The van der Waals surface area contributed by atoms with Crippen LogP contribution in [0.1, 0.15) is 69.4 Å².